The number of carbonyl (C=O) groups excluding carboxylic acids is 1. The minimum atomic E-state index is -0.245. The lowest BCUT2D eigenvalue weighted by Gasteiger charge is -2.34. The normalized spacial score (nSPS) is 22.3. The Labute approximate surface area is 150 Å². The summed E-state index contributed by atoms with van der Waals surface area (Å²) in [6.45, 7) is 2.11. The van der Waals surface area contributed by atoms with Crippen molar-refractivity contribution in [2.75, 3.05) is 18.7 Å². The van der Waals surface area contributed by atoms with Crippen LogP contribution in [0.3, 0.4) is 0 Å². The van der Waals surface area contributed by atoms with Crippen molar-refractivity contribution in [3.63, 3.8) is 0 Å². The average Bonchev–Trinajstić information content (AvgIpc) is 3.02. The Morgan fingerprint density at radius 1 is 1.28 bits per heavy atom. The molecule has 0 bridgehead atoms. The standard InChI is InChI=1S/C18H20N4O2S/c1-10-8-13-15(14(23)9-10)16(11-4-6-12(24-2)7-5-11)22-17(19-13)20-18(21-22)25-3/h4-7,10,16H,8-9H2,1-3H3,(H,19,20,21)/t10-,16+/m0/s1. The van der Waals surface area contributed by atoms with E-state index in [9.17, 15) is 4.79 Å². The van der Waals surface area contributed by atoms with E-state index in [0.29, 0.717) is 23.4 Å². The summed E-state index contributed by atoms with van der Waals surface area (Å²) in [5.41, 5.74) is 2.81. The van der Waals surface area contributed by atoms with E-state index in [4.69, 9.17) is 4.74 Å². The molecule has 0 unspecified atom stereocenters. The molecule has 2 heterocycles. The molecule has 6 nitrogen and oxygen atoms in total. The molecule has 25 heavy (non-hydrogen) atoms. The van der Waals surface area contributed by atoms with Gasteiger partial charge in [0.05, 0.1) is 7.11 Å². The number of carbonyl (C=O) groups is 1. The fourth-order valence-corrected chi connectivity index (χ4v) is 3.92. The second kappa shape index (κ2) is 6.22. The molecule has 1 aliphatic heterocycles. The Hall–Kier alpha value is -2.28. The van der Waals surface area contributed by atoms with Gasteiger partial charge in [-0.25, -0.2) is 4.68 Å². The average molecular weight is 356 g/mol. The van der Waals surface area contributed by atoms with Crippen LogP contribution in [-0.4, -0.2) is 33.9 Å². The summed E-state index contributed by atoms with van der Waals surface area (Å²) in [5.74, 6) is 2.02. The highest BCUT2D eigenvalue weighted by Gasteiger charge is 2.38. The van der Waals surface area contributed by atoms with Crippen LogP contribution in [-0.2, 0) is 4.79 Å². The summed E-state index contributed by atoms with van der Waals surface area (Å²) in [4.78, 5) is 17.4. The van der Waals surface area contributed by atoms with E-state index in [2.05, 4.69) is 22.3 Å². The summed E-state index contributed by atoms with van der Waals surface area (Å²) in [6, 6.07) is 7.58. The van der Waals surface area contributed by atoms with E-state index in [0.717, 1.165) is 29.0 Å². The Balaban J connectivity index is 1.87. The third-order valence-electron chi connectivity index (χ3n) is 4.72. The van der Waals surface area contributed by atoms with E-state index in [-0.39, 0.29) is 11.8 Å². The molecule has 2 atom stereocenters. The number of rotatable bonds is 3. The zero-order valence-corrected chi connectivity index (χ0v) is 15.3. The second-order valence-corrected chi connectivity index (χ2v) is 7.27. The Morgan fingerprint density at radius 2 is 2.04 bits per heavy atom. The van der Waals surface area contributed by atoms with Crippen molar-refractivity contribution in [2.24, 2.45) is 5.92 Å². The minimum Gasteiger partial charge on any atom is -0.497 e. The number of fused-ring (bicyclic) bond motifs is 1. The highest BCUT2D eigenvalue weighted by atomic mass is 32.2. The van der Waals surface area contributed by atoms with Gasteiger partial charge in [0.25, 0.3) is 0 Å². The molecule has 1 aromatic carbocycles. The third kappa shape index (κ3) is 2.72. The van der Waals surface area contributed by atoms with Gasteiger partial charge in [-0.3, -0.25) is 4.79 Å². The number of thioether (sulfide) groups is 1. The fraction of sp³-hybridized carbons (Fsp3) is 0.389. The number of ketones is 1. The molecule has 2 aliphatic rings. The van der Waals surface area contributed by atoms with Crippen LogP contribution in [0.15, 0.2) is 40.7 Å². The van der Waals surface area contributed by atoms with Crippen molar-refractivity contribution in [3.05, 3.63) is 41.1 Å². The van der Waals surface area contributed by atoms with Crippen LogP contribution in [0.2, 0.25) is 0 Å². The second-order valence-electron chi connectivity index (χ2n) is 6.50. The van der Waals surface area contributed by atoms with Crippen LogP contribution in [0.5, 0.6) is 5.75 Å². The fourth-order valence-electron chi connectivity index (χ4n) is 3.57. The number of ether oxygens (including phenoxy) is 1. The van der Waals surface area contributed by atoms with Gasteiger partial charge in [0.2, 0.25) is 11.1 Å². The minimum absolute atomic E-state index is 0.189. The van der Waals surface area contributed by atoms with Crippen molar-refractivity contribution in [3.8, 4) is 5.75 Å². The lowest BCUT2D eigenvalue weighted by atomic mass is 9.81. The Morgan fingerprint density at radius 3 is 2.72 bits per heavy atom. The molecule has 130 valence electrons. The van der Waals surface area contributed by atoms with Crippen molar-refractivity contribution in [1.82, 2.24) is 14.8 Å². The van der Waals surface area contributed by atoms with Crippen LogP contribution in [0.25, 0.3) is 0 Å². The number of hydrogen-bond acceptors (Lipinski definition) is 6. The SMILES string of the molecule is COc1ccc([C@@H]2C3=C(C[C@H](C)CC3=O)Nc3nc(SC)nn32)cc1. The Kier molecular flexibility index (Phi) is 4.03. The van der Waals surface area contributed by atoms with Crippen LogP contribution in [0.1, 0.15) is 31.4 Å². The molecule has 0 saturated carbocycles. The van der Waals surface area contributed by atoms with Crippen LogP contribution in [0.4, 0.5) is 5.95 Å². The van der Waals surface area contributed by atoms with E-state index >= 15 is 0 Å². The van der Waals surface area contributed by atoms with E-state index < -0.39 is 0 Å². The highest BCUT2D eigenvalue weighted by molar-refractivity contribution is 7.98. The summed E-state index contributed by atoms with van der Waals surface area (Å²) < 4.78 is 7.09. The van der Waals surface area contributed by atoms with Crippen LogP contribution >= 0.6 is 11.8 Å². The summed E-state index contributed by atoms with van der Waals surface area (Å²) >= 11 is 1.49. The van der Waals surface area contributed by atoms with Gasteiger partial charge in [0, 0.05) is 17.7 Å². The highest BCUT2D eigenvalue weighted by Crippen LogP contribution is 2.41. The topological polar surface area (TPSA) is 69.0 Å². The molecular formula is C18H20N4O2S. The number of methoxy groups -OCH3 is 1. The van der Waals surface area contributed by atoms with Gasteiger partial charge in [0.1, 0.15) is 11.8 Å². The van der Waals surface area contributed by atoms with Gasteiger partial charge in [-0.05, 0) is 36.3 Å². The number of Topliss-reactive ketones (excluding diaryl/α,β-unsaturated/α-hetero) is 1. The quantitative estimate of drug-likeness (QED) is 0.851. The van der Waals surface area contributed by atoms with E-state index in [1.165, 1.54) is 11.8 Å². The van der Waals surface area contributed by atoms with Gasteiger partial charge in [-0.2, -0.15) is 4.98 Å². The maximum atomic E-state index is 12.8. The zero-order chi connectivity index (χ0) is 17.6. The van der Waals surface area contributed by atoms with Crippen LogP contribution < -0.4 is 10.1 Å². The van der Waals surface area contributed by atoms with E-state index in [1.54, 1.807) is 7.11 Å². The van der Waals surface area contributed by atoms with E-state index in [1.807, 2.05) is 35.2 Å². The number of nitrogens with zero attached hydrogens (tertiary/aromatic N) is 3. The van der Waals surface area contributed by atoms with Gasteiger partial charge >= 0.3 is 0 Å². The molecule has 2 aromatic rings. The lowest BCUT2D eigenvalue weighted by molar-refractivity contribution is -0.117. The number of benzene rings is 1. The number of allylic oxidation sites excluding steroid dienone is 2. The molecule has 0 fully saturated rings. The van der Waals surface area contributed by atoms with Gasteiger partial charge < -0.3 is 10.1 Å². The maximum Gasteiger partial charge on any atom is 0.227 e. The van der Waals surface area contributed by atoms with Gasteiger partial charge in [0.15, 0.2) is 5.78 Å². The molecule has 1 aliphatic carbocycles. The molecule has 7 heteroatoms. The van der Waals surface area contributed by atoms with Crippen molar-refractivity contribution in [1.29, 1.82) is 0 Å². The molecule has 1 N–H and O–H groups in total. The number of anilines is 1. The number of nitrogens with one attached hydrogen (secondary N) is 1. The summed E-state index contributed by atoms with van der Waals surface area (Å²) in [6.07, 6.45) is 3.38. The zero-order valence-electron chi connectivity index (χ0n) is 14.4. The number of hydrogen-bond donors (Lipinski definition) is 1. The molecule has 0 saturated heterocycles. The van der Waals surface area contributed by atoms with Crippen molar-refractivity contribution < 1.29 is 9.53 Å². The van der Waals surface area contributed by atoms with Gasteiger partial charge in [-0.15, -0.1) is 5.10 Å². The molecule has 0 radical (unpaired) electrons. The first-order valence-electron chi connectivity index (χ1n) is 8.28. The predicted molar refractivity (Wildman–Crippen MR) is 97.0 cm³/mol. The summed E-state index contributed by atoms with van der Waals surface area (Å²) in [5, 5.41) is 8.65. The molecule has 0 spiro atoms. The van der Waals surface area contributed by atoms with Crippen molar-refractivity contribution in [2.45, 2.75) is 31.0 Å². The molecular weight excluding hydrogens is 336 g/mol. The van der Waals surface area contributed by atoms with Crippen LogP contribution in [0, 0.1) is 5.92 Å². The first kappa shape index (κ1) is 16.2. The predicted octanol–water partition coefficient (Wildman–Crippen LogP) is 3.28. The molecule has 0 amide bonds. The first-order valence-corrected chi connectivity index (χ1v) is 9.51. The van der Waals surface area contributed by atoms with Gasteiger partial charge in [-0.1, -0.05) is 30.8 Å². The first-order chi connectivity index (χ1) is 12.1. The number of aromatic nitrogens is 3. The summed E-state index contributed by atoms with van der Waals surface area (Å²) in [7, 11) is 1.65. The Bertz CT molecular complexity index is 856. The van der Waals surface area contributed by atoms with Crippen molar-refractivity contribution >= 4 is 23.5 Å². The smallest absolute Gasteiger partial charge is 0.227 e. The molecule has 4 rings (SSSR count). The monoisotopic (exact) mass is 356 g/mol. The third-order valence-corrected chi connectivity index (χ3v) is 5.26. The maximum absolute atomic E-state index is 12.8. The largest absolute Gasteiger partial charge is 0.497 e. The molecule has 1 aromatic heterocycles. The lowest BCUT2D eigenvalue weighted by Crippen LogP contribution is -2.33.